The molecule has 2 bridgehead atoms. The normalized spacial score (nSPS) is 22.2. The zero-order valence-electron chi connectivity index (χ0n) is 17.9. The van der Waals surface area contributed by atoms with Crippen molar-refractivity contribution in [1.29, 1.82) is 5.26 Å². The second kappa shape index (κ2) is 10.2. The fourth-order valence-corrected chi connectivity index (χ4v) is 5.03. The molecule has 6 nitrogen and oxygen atoms in total. The zero-order valence-corrected chi connectivity index (χ0v) is 18.6. The van der Waals surface area contributed by atoms with Crippen LogP contribution < -0.4 is 10.6 Å². The van der Waals surface area contributed by atoms with Crippen LogP contribution in [0.15, 0.2) is 48.5 Å². The molecule has 4 rings (SSSR count). The number of benzene rings is 2. The van der Waals surface area contributed by atoms with Gasteiger partial charge in [-0.15, -0.1) is 0 Å². The van der Waals surface area contributed by atoms with Crippen molar-refractivity contribution in [2.75, 3.05) is 6.54 Å². The third-order valence-corrected chi connectivity index (χ3v) is 6.66. The molecule has 0 spiro atoms. The maximum Gasteiger partial charge on any atom is 0.251 e. The van der Waals surface area contributed by atoms with Crippen LogP contribution in [0.4, 0.5) is 0 Å². The smallest absolute Gasteiger partial charge is 0.251 e. The minimum atomic E-state index is -0.308. The van der Waals surface area contributed by atoms with Crippen LogP contribution in [0.1, 0.15) is 47.2 Å². The van der Waals surface area contributed by atoms with Gasteiger partial charge in [-0.3, -0.25) is 14.5 Å². The molecular formula is C25H27ClN4O2. The first-order valence-electron chi connectivity index (χ1n) is 11.1. The molecule has 2 amide bonds. The van der Waals surface area contributed by atoms with Crippen LogP contribution >= 0.6 is 11.6 Å². The summed E-state index contributed by atoms with van der Waals surface area (Å²) in [5.74, 6) is -0.472. The summed E-state index contributed by atoms with van der Waals surface area (Å²) >= 11 is 6.00. The average Bonchev–Trinajstić information content (AvgIpc) is 3.01. The van der Waals surface area contributed by atoms with Gasteiger partial charge in [0.2, 0.25) is 5.91 Å². The number of amides is 2. The number of hydrogen-bond acceptors (Lipinski definition) is 4. The Morgan fingerprint density at radius 2 is 1.78 bits per heavy atom. The summed E-state index contributed by atoms with van der Waals surface area (Å²) in [6.07, 6.45) is 4.42. The first-order valence-corrected chi connectivity index (χ1v) is 11.4. The van der Waals surface area contributed by atoms with E-state index in [0.29, 0.717) is 17.6 Å². The minimum Gasteiger partial charge on any atom is -0.352 e. The van der Waals surface area contributed by atoms with Gasteiger partial charge in [-0.2, -0.15) is 5.26 Å². The van der Waals surface area contributed by atoms with Gasteiger partial charge in [0.05, 0.1) is 19.0 Å². The predicted octanol–water partition coefficient (Wildman–Crippen LogP) is 3.45. The van der Waals surface area contributed by atoms with Crippen molar-refractivity contribution >= 4 is 23.4 Å². The first kappa shape index (κ1) is 22.3. The third-order valence-electron chi connectivity index (χ3n) is 6.41. The van der Waals surface area contributed by atoms with Crippen molar-refractivity contribution in [2.45, 2.75) is 56.8 Å². The van der Waals surface area contributed by atoms with Gasteiger partial charge >= 0.3 is 0 Å². The number of hydrogen-bond donors (Lipinski definition) is 2. The molecule has 2 aromatic carbocycles. The minimum absolute atomic E-state index is 0.0539. The molecule has 2 saturated heterocycles. The van der Waals surface area contributed by atoms with Crippen molar-refractivity contribution in [3.8, 4) is 6.07 Å². The number of nitrogens with zero attached hydrogens (tertiary/aromatic N) is 2. The molecule has 2 aromatic rings. The summed E-state index contributed by atoms with van der Waals surface area (Å²) in [5.41, 5.74) is 2.50. The summed E-state index contributed by atoms with van der Waals surface area (Å²) in [4.78, 5) is 27.4. The van der Waals surface area contributed by atoms with E-state index in [1.54, 1.807) is 24.3 Å². The molecule has 0 radical (unpaired) electrons. The summed E-state index contributed by atoms with van der Waals surface area (Å²) in [7, 11) is 0. The highest BCUT2D eigenvalue weighted by molar-refractivity contribution is 6.30. The van der Waals surface area contributed by atoms with E-state index in [9.17, 15) is 9.59 Å². The lowest BCUT2D eigenvalue weighted by Crippen LogP contribution is -2.51. The number of nitrogens with one attached hydrogen (secondary N) is 2. The molecule has 2 heterocycles. The number of carbonyl (C=O) groups is 2. The molecule has 166 valence electrons. The lowest BCUT2D eigenvalue weighted by atomic mass is 9.96. The SMILES string of the molecule is N#CCc1cccc(C(=O)NCC(=O)NC2C[C@H]3CC[C@H](C2)N3Cc2ccc(Cl)cc2)c1. The summed E-state index contributed by atoms with van der Waals surface area (Å²) in [6, 6.07) is 18.1. The van der Waals surface area contributed by atoms with Crippen molar-refractivity contribution in [3.05, 3.63) is 70.2 Å². The molecule has 0 unspecified atom stereocenters. The molecule has 0 saturated carbocycles. The molecule has 7 heteroatoms. The Kier molecular flexibility index (Phi) is 7.09. The Bertz CT molecular complexity index is 1000. The van der Waals surface area contributed by atoms with Gasteiger partial charge in [0.15, 0.2) is 0 Å². The van der Waals surface area contributed by atoms with Crippen LogP contribution in [0, 0.1) is 11.3 Å². The highest BCUT2D eigenvalue weighted by atomic mass is 35.5. The van der Waals surface area contributed by atoms with E-state index in [-0.39, 0.29) is 30.8 Å². The van der Waals surface area contributed by atoms with Crippen molar-refractivity contribution in [2.24, 2.45) is 0 Å². The first-order chi connectivity index (χ1) is 15.5. The topological polar surface area (TPSA) is 85.2 Å². The Labute approximate surface area is 193 Å². The van der Waals surface area contributed by atoms with Gasteiger partial charge in [-0.1, -0.05) is 35.9 Å². The molecule has 0 aliphatic carbocycles. The Hall–Kier alpha value is -2.88. The Morgan fingerprint density at radius 3 is 2.47 bits per heavy atom. The standard InChI is InChI=1S/C25H27ClN4O2/c26-20-6-4-18(5-7-20)16-30-22-8-9-23(30)14-21(13-22)29-24(31)15-28-25(32)19-3-1-2-17(12-19)10-11-27/h1-7,12,21-23H,8-10,13-16H2,(H,28,32)(H,29,31)/t22-,23-/m1/s1. The molecule has 2 aliphatic rings. The Balaban J connectivity index is 1.25. The maximum absolute atomic E-state index is 12.5. The number of nitriles is 1. The van der Waals surface area contributed by atoms with Gasteiger partial charge in [0, 0.05) is 35.3 Å². The van der Waals surface area contributed by atoms with Crippen LogP contribution in [0.5, 0.6) is 0 Å². The fourth-order valence-electron chi connectivity index (χ4n) is 4.91. The van der Waals surface area contributed by atoms with Crippen molar-refractivity contribution in [1.82, 2.24) is 15.5 Å². The quantitative estimate of drug-likeness (QED) is 0.676. The highest BCUT2D eigenvalue weighted by Gasteiger charge is 2.40. The second-order valence-corrected chi connectivity index (χ2v) is 9.07. The lowest BCUT2D eigenvalue weighted by Gasteiger charge is -2.39. The number of carbonyl (C=O) groups excluding carboxylic acids is 2. The molecule has 2 fully saturated rings. The van der Waals surface area contributed by atoms with Crippen molar-refractivity contribution in [3.63, 3.8) is 0 Å². The molecule has 2 aliphatic heterocycles. The zero-order chi connectivity index (χ0) is 22.5. The molecule has 32 heavy (non-hydrogen) atoms. The number of rotatable bonds is 7. The largest absolute Gasteiger partial charge is 0.352 e. The van der Waals surface area contributed by atoms with Crippen molar-refractivity contribution < 1.29 is 9.59 Å². The maximum atomic E-state index is 12.5. The van der Waals surface area contributed by atoms with Crippen LogP contribution in [0.2, 0.25) is 5.02 Å². The van der Waals surface area contributed by atoms with E-state index in [1.807, 2.05) is 12.1 Å². The summed E-state index contributed by atoms with van der Waals surface area (Å²) in [6.45, 7) is 0.857. The summed E-state index contributed by atoms with van der Waals surface area (Å²) in [5, 5.41) is 15.4. The van der Waals surface area contributed by atoms with E-state index < -0.39 is 0 Å². The van der Waals surface area contributed by atoms with Crippen LogP contribution in [-0.2, 0) is 17.8 Å². The van der Waals surface area contributed by atoms with Gasteiger partial charge in [0.25, 0.3) is 5.91 Å². The number of halogens is 1. The number of fused-ring (bicyclic) bond motifs is 2. The van der Waals surface area contributed by atoms with E-state index in [2.05, 4.69) is 33.7 Å². The van der Waals surface area contributed by atoms with Gasteiger partial charge in [-0.25, -0.2) is 0 Å². The van der Waals surface area contributed by atoms with Gasteiger partial charge < -0.3 is 10.6 Å². The lowest BCUT2D eigenvalue weighted by molar-refractivity contribution is -0.121. The molecule has 2 N–H and O–H groups in total. The fraction of sp³-hybridized carbons (Fsp3) is 0.400. The Morgan fingerprint density at radius 1 is 1.06 bits per heavy atom. The van der Waals surface area contributed by atoms with E-state index in [4.69, 9.17) is 16.9 Å². The van der Waals surface area contributed by atoms with Crippen LogP contribution in [0.3, 0.4) is 0 Å². The van der Waals surface area contributed by atoms with Gasteiger partial charge in [0.1, 0.15) is 0 Å². The highest BCUT2D eigenvalue weighted by Crippen LogP contribution is 2.36. The van der Waals surface area contributed by atoms with E-state index in [1.165, 1.54) is 5.56 Å². The van der Waals surface area contributed by atoms with Crippen LogP contribution in [0.25, 0.3) is 0 Å². The molecule has 0 aromatic heterocycles. The predicted molar refractivity (Wildman–Crippen MR) is 123 cm³/mol. The average molecular weight is 451 g/mol. The van der Waals surface area contributed by atoms with Gasteiger partial charge in [-0.05, 0) is 61.1 Å². The second-order valence-electron chi connectivity index (χ2n) is 8.64. The monoisotopic (exact) mass is 450 g/mol. The molecule has 2 atom stereocenters. The third kappa shape index (κ3) is 5.48. The van der Waals surface area contributed by atoms with Crippen LogP contribution in [-0.4, -0.2) is 41.4 Å². The molecular weight excluding hydrogens is 424 g/mol. The number of piperidine rings is 1. The van der Waals surface area contributed by atoms with E-state index in [0.717, 1.165) is 42.8 Å². The van der Waals surface area contributed by atoms with E-state index >= 15 is 0 Å². The summed E-state index contributed by atoms with van der Waals surface area (Å²) < 4.78 is 0.